The second-order valence-corrected chi connectivity index (χ2v) is 1.96. The van der Waals surface area contributed by atoms with E-state index >= 15 is 0 Å². The van der Waals surface area contributed by atoms with Crippen LogP contribution in [0.1, 0.15) is 6.92 Å². The molecule has 0 aliphatic heterocycles. The summed E-state index contributed by atoms with van der Waals surface area (Å²) >= 11 is 3.33. The third-order valence-electron chi connectivity index (χ3n) is 0.409. The van der Waals surface area contributed by atoms with Crippen LogP contribution in [-0.2, 0) is 4.79 Å². The second kappa shape index (κ2) is 6.15. The van der Waals surface area contributed by atoms with Gasteiger partial charge in [-0.1, -0.05) is 0 Å². The molecule has 0 bridgehead atoms. The molecule has 0 aromatic carbocycles. The Balaban J connectivity index is 0.000000180. The van der Waals surface area contributed by atoms with Crippen LogP contribution in [0, 0.1) is 0 Å². The molecule has 54 valence electrons. The zero-order valence-electron chi connectivity index (χ0n) is 5.43. The predicted molar refractivity (Wildman–Crippen MR) is 39.5 cm³/mol. The third kappa shape index (κ3) is 10.1. The van der Waals surface area contributed by atoms with E-state index in [0.29, 0.717) is 0 Å². The molecule has 0 unspecified atom stereocenters. The van der Waals surface area contributed by atoms with Crippen LogP contribution in [0.5, 0.6) is 0 Å². The maximum atomic E-state index is 9.31. The molecular weight excluding hydrogens is 150 g/mol. The summed E-state index contributed by atoms with van der Waals surface area (Å²) in [6, 6.07) is 1.72. The summed E-state index contributed by atoms with van der Waals surface area (Å²) < 4.78 is 0. The molecule has 1 aromatic heterocycles. The molecule has 0 atom stereocenters. The molecule has 0 saturated heterocycles. The van der Waals surface area contributed by atoms with Gasteiger partial charge in [0.25, 0.3) is 0 Å². The van der Waals surface area contributed by atoms with Crippen LogP contribution >= 0.6 is 12.6 Å². The fourth-order valence-corrected chi connectivity index (χ4v) is 0.205. The van der Waals surface area contributed by atoms with E-state index in [1.165, 1.54) is 6.92 Å². The summed E-state index contributed by atoms with van der Waals surface area (Å²) in [6.45, 7) is 1.39. The van der Waals surface area contributed by atoms with Crippen LogP contribution in [0.25, 0.3) is 0 Å². The highest BCUT2D eigenvalue weighted by Crippen LogP contribution is 1.66. The Morgan fingerprint density at radius 3 is 1.90 bits per heavy atom. The lowest BCUT2D eigenvalue weighted by molar-refractivity contribution is -0.108. The van der Waals surface area contributed by atoms with Gasteiger partial charge in [-0.2, -0.15) is 0 Å². The molecule has 1 heterocycles. The molecule has 1 rings (SSSR count). The first-order valence-electron chi connectivity index (χ1n) is 2.51. The van der Waals surface area contributed by atoms with Crippen molar-refractivity contribution in [2.75, 3.05) is 0 Å². The van der Waals surface area contributed by atoms with Crippen LogP contribution in [0.15, 0.2) is 18.5 Å². The number of thiol groups is 1. The second-order valence-electron chi connectivity index (χ2n) is 1.33. The molecule has 1 aromatic rings. The monoisotopic (exact) mass is 157 g/mol. The van der Waals surface area contributed by atoms with Gasteiger partial charge < -0.3 is 0 Å². The number of carbonyl (C=O) groups excluding carboxylic acids is 1. The zero-order valence-corrected chi connectivity index (χ0v) is 6.32. The Bertz CT molecular complexity index is 149. The minimum absolute atomic E-state index is 0.139. The Hall–Kier alpha value is -0.970. The van der Waals surface area contributed by atoms with Gasteiger partial charge in [-0.15, -0.1) is 22.8 Å². The van der Waals surface area contributed by atoms with Gasteiger partial charge in [-0.05, 0) is 11.3 Å². The van der Waals surface area contributed by atoms with E-state index in [1.807, 2.05) is 0 Å². The first-order valence-corrected chi connectivity index (χ1v) is 2.96. The van der Waals surface area contributed by atoms with E-state index < -0.39 is 0 Å². The van der Waals surface area contributed by atoms with Gasteiger partial charge in [0, 0.05) is 6.92 Å². The fraction of sp³-hybridized carbons (Fsp3) is 0.200. The molecule has 4 nitrogen and oxygen atoms in total. The van der Waals surface area contributed by atoms with Gasteiger partial charge >= 0.3 is 0 Å². The van der Waals surface area contributed by atoms with E-state index in [9.17, 15) is 4.79 Å². The van der Waals surface area contributed by atoms with Gasteiger partial charge in [0.15, 0.2) is 5.12 Å². The van der Waals surface area contributed by atoms with Crippen molar-refractivity contribution in [2.45, 2.75) is 6.92 Å². The summed E-state index contributed by atoms with van der Waals surface area (Å²) in [5.41, 5.74) is 0. The first-order chi connectivity index (χ1) is 4.73. The summed E-state index contributed by atoms with van der Waals surface area (Å²) in [5, 5.41) is 9.99. The lowest BCUT2D eigenvalue weighted by atomic mass is 10.7. The number of carbonyl (C=O) groups is 1. The smallest absolute Gasteiger partial charge is 0.182 e. The average molecular weight is 157 g/mol. The highest BCUT2D eigenvalue weighted by molar-refractivity contribution is 7.96. The molecule has 0 radical (unpaired) electrons. The average Bonchev–Trinajstić information content (AvgIpc) is 1.90. The molecule has 0 aliphatic carbocycles. The third-order valence-corrected chi connectivity index (χ3v) is 0.409. The lowest BCUT2D eigenvalue weighted by Gasteiger charge is -1.68. The van der Waals surface area contributed by atoms with E-state index in [2.05, 4.69) is 28.0 Å². The quantitative estimate of drug-likeness (QED) is 0.551. The summed E-state index contributed by atoms with van der Waals surface area (Å²) in [6.07, 6.45) is 3.15. The van der Waals surface area contributed by atoms with Crippen molar-refractivity contribution in [1.82, 2.24) is 15.4 Å². The number of rotatable bonds is 0. The largest absolute Gasteiger partial charge is 0.288 e. The van der Waals surface area contributed by atoms with Crippen molar-refractivity contribution >= 4 is 17.7 Å². The maximum Gasteiger partial charge on any atom is 0.182 e. The van der Waals surface area contributed by atoms with Crippen molar-refractivity contribution in [3.05, 3.63) is 18.5 Å². The molecule has 0 saturated carbocycles. The lowest BCUT2D eigenvalue weighted by Crippen LogP contribution is -1.78. The minimum Gasteiger partial charge on any atom is -0.288 e. The van der Waals surface area contributed by atoms with Crippen LogP contribution in [-0.4, -0.2) is 20.5 Å². The molecule has 0 N–H and O–H groups in total. The summed E-state index contributed by atoms with van der Waals surface area (Å²) in [4.78, 5) is 9.31. The highest BCUT2D eigenvalue weighted by atomic mass is 32.1. The van der Waals surface area contributed by atoms with Gasteiger partial charge in [0.2, 0.25) is 0 Å². The Labute approximate surface area is 64.1 Å². The number of hydrogen-bond acceptors (Lipinski definition) is 4. The summed E-state index contributed by atoms with van der Waals surface area (Å²) in [5.74, 6) is 0. The molecule has 0 spiro atoms. The molecular formula is C5H7N3OS. The zero-order chi connectivity index (χ0) is 7.82. The van der Waals surface area contributed by atoms with Crippen LogP contribution in [0.2, 0.25) is 0 Å². The van der Waals surface area contributed by atoms with Crippen molar-refractivity contribution < 1.29 is 4.79 Å². The highest BCUT2D eigenvalue weighted by Gasteiger charge is 1.63. The van der Waals surface area contributed by atoms with Crippen LogP contribution in [0.3, 0.4) is 0 Å². The predicted octanol–water partition coefficient (Wildman–Crippen LogP) is 0.334. The van der Waals surface area contributed by atoms with E-state index in [0.717, 1.165) is 0 Å². The standard InChI is InChI=1S/C3H3N3.C2H4OS/c1-2-4-6-5-3-1;1-2(3)4/h1-3H;1H3,(H,3,4). The van der Waals surface area contributed by atoms with Crippen molar-refractivity contribution in [3.63, 3.8) is 0 Å². The van der Waals surface area contributed by atoms with E-state index in [1.54, 1.807) is 18.5 Å². The van der Waals surface area contributed by atoms with Gasteiger partial charge in [-0.3, -0.25) is 4.79 Å². The van der Waals surface area contributed by atoms with E-state index in [4.69, 9.17) is 0 Å². The molecule has 0 amide bonds. The number of aromatic nitrogens is 3. The number of hydrogen-bond donors (Lipinski definition) is 1. The molecule has 0 fully saturated rings. The van der Waals surface area contributed by atoms with Crippen LogP contribution in [0.4, 0.5) is 0 Å². The molecule has 5 heteroatoms. The molecule has 0 aliphatic rings. The molecule has 10 heavy (non-hydrogen) atoms. The van der Waals surface area contributed by atoms with Crippen LogP contribution < -0.4 is 0 Å². The normalized spacial score (nSPS) is 7.40. The van der Waals surface area contributed by atoms with E-state index in [-0.39, 0.29) is 5.12 Å². The topological polar surface area (TPSA) is 55.7 Å². The first kappa shape index (κ1) is 9.03. The van der Waals surface area contributed by atoms with Crippen molar-refractivity contribution in [1.29, 1.82) is 0 Å². The number of nitrogens with zero attached hydrogens (tertiary/aromatic N) is 3. The van der Waals surface area contributed by atoms with Gasteiger partial charge in [0.05, 0.1) is 12.4 Å². The fourth-order valence-electron chi connectivity index (χ4n) is 0.205. The van der Waals surface area contributed by atoms with Gasteiger partial charge in [-0.25, -0.2) is 0 Å². The van der Waals surface area contributed by atoms with Gasteiger partial charge in [0.1, 0.15) is 0 Å². The van der Waals surface area contributed by atoms with Crippen molar-refractivity contribution in [3.8, 4) is 0 Å². The minimum atomic E-state index is -0.139. The SMILES string of the molecule is CC(=O)S.c1cnnnc1. The Morgan fingerprint density at radius 1 is 1.40 bits per heavy atom. The van der Waals surface area contributed by atoms with Crippen molar-refractivity contribution in [2.24, 2.45) is 0 Å². The Morgan fingerprint density at radius 2 is 1.80 bits per heavy atom. The Kier molecular flexibility index (Phi) is 5.56. The maximum absolute atomic E-state index is 9.31. The summed E-state index contributed by atoms with van der Waals surface area (Å²) in [7, 11) is 0.